The van der Waals surface area contributed by atoms with Crippen molar-refractivity contribution in [2.24, 2.45) is 5.92 Å². The summed E-state index contributed by atoms with van der Waals surface area (Å²) in [5.41, 5.74) is 1.50. The molecular formula is C14H21ClN2O2. The van der Waals surface area contributed by atoms with E-state index in [1.165, 1.54) is 0 Å². The molecule has 0 bridgehead atoms. The van der Waals surface area contributed by atoms with Gasteiger partial charge in [0.25, 0.3) is 0 Å². The first-order chi connectivity index (χ1) is 9.02. The highest BCUT2D eigenvalue weighted by atomic mass is 35.5. The maximum atomic E-state index is 11.8. The molecule has 0 aliphatic carbocycles. The molecule has 0 fully saturated rings. The number of aliphatic hydroxyl groups is 1. The van der Waals surface area contributed by atoms with Gasteiger partial charge in [0.2, 0.25) is 5.91 Å². The van der Waals surface area contributed by atoms with Crippen LogP contribution in [0.25, 0.3) is 0 Å². The number of anilines is 2. The number of hydrogen-bond donors (Lipinski definition) is 3. The Morgan fingerprint density at radius 1 is 1.32 bits per heavy atom. The fourth-order valence-electron chi connectivity index (χ4n) is 1.60. The smallest absolute Gasteiger partial charge is 0.224 e. The van der Waals surface area contributed by atoms with Gasteiger partial charge in [-0.25, -0.2) is 0 Å². The van der Waals surface area contributed by atoms with Gasteiger partial charge in [-0.2, -0.15) is 0 Å². The first-order valence-electron chi connectivity index (χ1n) is 6.39. The topological polar surface area (TPSA) is 61.4 Å². The van der Waals surface area contributed by atoms with Gasteiger partial charge in [0.05, 0.1) is 23.4 Å². The Bertz CT molecular complexity index is 410. The summed E-state index contributed by atoms with van der Waals surface area (Å²) in [6, 6.07) is 7.40. The molecule has 1 aromatic rings. The summed E-state index contributed by atoms with van der Waals surface area (Å²) < 4.78 is 0. The third-order valence-corrected chi connectivity index (χ3v) is 2.86. The monoisotopic (exact) mass is 284 g/mol. The van der Waals surface area contributed by atoms with Crippen molar-refractivity contribution in [1.29, 1.82) is 0 Å². The van der Waals surface area contributed by atoms with Crippen LogP contribution in [0.15, 0.2) is 24.3 Å². The van der Waals surface area contributed by atoms with Gasteiger partial charge in [-0.05, 0) is 18.1 Å². The third kappa shape index (κ3) is 5.94. The number of para-hydroxylation sites is 2. The van der Waals surface area contributed by atoms with Crippen molar-refractivity contribution in [1.82, 2.24) is 0 Å². The number of benzene rings is 1. The molecule has 1 rings (SSSR count). The van der Waals surface area contributed by atoms with Crippen LogP contribution in [0.2, 0.25) is 0 Å². The third-order valence-electron chi connectivity index (χ3n) is 2.50. The largest absolute Gasteiger partial charge is 0.390 e. The molecule has 0 aliphatic rings. The predicted octanol–water partition coefficient (Wildman–Crippen LogP) is 2.68. The molecule has 0 aliphatic heterocycles. The summed E-state index contributed by atoms with van der Waals surface area (Å²) in [7, 11) is 0. The lowest BCUT2D eigenvalue weighted by Crippen LogP contribution is -2.22. The Morgan fingerprint density at radius 2 is 1.95 bits per heavy atom. The molecular weight excluding hydrogens is 264 g/mol. The summed E-state index contributed by atoms with van der Waals surface area (Å²) in [4.78, 5) is 11.8. The van der Waals surface area contributed by atoms with E-state index in [1.54, 1.807) is 0 Å². The second-order valence-corrected chi connectivity index (χ2v) is 5.19. The number of hydrogen-bond acceptors (Lipinski definition) is 3. The zero-order chi connectivity index (χ0) is 14.3. The molecule has 0 aromatic heterocycles. The molecule has 1 atom stereocenters. The zero-order valence-corrected chi connectivity index (χ0v) is 12.1. The van der Waals surface area contributed by atoms with Gasteiger partial charge >= 0.3 is 0 Å². The number of carbonyl (C=O) groups is 1. The van der Waals surface area contributed by atoms with Crippen LogP contribution in [0.3, 0.4) is 0 Å². The second kappa shape index (κ2) is 8.02. The molecule has 0 heterocycles. The van der Waals surface area contributed by atoms with E-state index < -0.39 is 6.10 Å². The number of halogens is 1. The van der Waals surface area contributed by atoms with Crippen LogP contribution in [0.5, 0.6) is 0 Å². The Labute approximate surface area is 119 Å². The minimum Gasteiger partial charge on any atom is -0.390 e. The minimum absolute atomic E-state index is 0.0119. The minimum atomic E-state index is -0.610. The number of carbonyl (C=O) groups excluding carboxylic acids is 1. The van der Waals surface area contributed by atoms with Gasteiger partial charge in [-0.3, -0.25) is 4.79 Å². The van der Waals surface area contributed by atoms with E-state index in [0.29, 0.717) is 18.9 Å². The van der Waals surface area contributed by atoms with Crippen molar-refractivity contribution in [3.05, 3.63) is 24.3 Å². The molecule has 0 saturated heterocycles. The summed E-state index contributed by atoms with van der Waals surface area (Å²) >= 11 is 5.54. The first-order valence-corrected chi connectivity index (χ1v) is 6.93. The molecule has 0 saturated carbocycles. The van der Waals surface area contributed by atoms with Gasteiger partial charge in [-0.15, -0.1) is 11.6 Å². The van der Waals surface area contributed by atoms with Crippen LogP contribution in [0, 0.1) is 5.92 Å². The van der Waals surface area contributed by atoms with Crippen molar-refractivity contribution < 1.29 is 9.90 Å². The van der Waals surface area contributed by atoms with Crippen LogP contribution in [0.1, 0.15) is 20.3 Å². The molecule has 1 aromatic carbocycles. The number of amides is 1. The van der Waals surface area contributed by atoms with Crippen molar-refractivity contribution in [3.8, 4) is 0 Å². The zero-order valence-electron chi connectivity index (χ0n) is 11.3. The van der Waals surface area contributed by atoms with Crippen LogP contribution >= 0.6 is 11.6 Å². The van der Waals surface area contributed by atoms with Gasteiger partial charge in [0.1, 0.15) is 0 Å². The molecule has 3 N–H and O–H groups in total. The van der Waals surface area contributed by atoms with E-state index in [4.69, 9.17) is 11.6 Å². The van der Waals surface area contributed by atoms with Gasteiger partial charge in [-0.1, -0.05) is 26.0 Å². The maximum absolute atomic E-state index is 11.8. The quantitative estimate of drug-likeness (QED) is 0.675. The molecule has 1 amide bonds. The van der Waals surface area contributed by atoms with Gasteiger partial charge < -0.3 is 15.7 Å². The Kier molecular flexibility index (Phi) is 6.67. The second-order valence-electron chi connectivity index (χ2n) is 4.88. The lowest BCUT2D eigenvalue weighted by Gasteiger charge is -2.15. The van der Waals surface area contributed by atoms with Crippen LogP contribution < -0.4 is 10.6 Å². The number of nitrogens with one attached hydrogen (secondary N) is 2. The molecule has 4 nitrogen and oxygen atoms in total. The molecule has 0 spiro atoms. The maximum Gasteiger partial charge on any atom is 0.224 e. The van der Waals surface area contributed by atoms with Crippen molar-refractivity contribution in [3.63, 3.8) is 0 Å². The lowest BCUT2D eigenvalue weighted by atomic mass is 10.1. The van der Waals surface area contributed by atoms with E-state index >= 15 is 0 Å². The van der Waals surface area contributed by atoms with E-state index in [0.717, 1.165) is 11.4 Å². The summed E-state index contributed by atoms with van der Waals surface area (Å²) in [5, 5.41) is 15.4. The SMILES string of the molecule is CC(C)CC(=O)Nc1ccccc1NCC(O)CCl. The fourth-order valence-corrected chi connectivity index (χ4v) is 1.71. The van der Waals surface area contributed by atoms with E-state index in [1.807, 2.05) is 38.1 Å². The van der Waals surface area contributed by atoms with Gasteiger partial charge in [0.15, 0.2) is 0 Å². The van der Waals surface area contributed by atoms with Crippen molar-refractivity contribution in [2.45, 2.75) is 26.4 Å². The number of aliphatic hydroxyl groups excluding tert-OH is 1. The van der Waals surface area contributed by atoms with E-state index in [-0.39, 0.29) is 11.8 Å². The molecule has 5 heteroatoms. The van der Waals surface area contributed by atoms with Crippen LogP contribution in [-0.2, 0) is 4.79 Å². The highest BCUT2D eigenvalue weighted by molar-refractivity contribution is 6.18. The Balaban J connectivity index is 2.65. The summed E-state index contributed by atoms with van der Waals surface area (Å²) in [5.74, 6) is 0.481. The molecule has 19 heavy (non-hydrogen) atoms. The average molecular weight is 285 g/mol. The average Bonchev–Trinajstić information content (AvgIpc) is 2.36. The lowest BCUT2D eigenvalue weighted by molar-refractivity contribution is -0.116. The summed E-state index contributed by atoms with van der Waals surface area (Å²) in [6.45, 7) is 4.35. The fraction of sp³-hybridized carbons (Fsp3) is 0.500. The predicted molar refractivity (Wildman–Crippen MR) is 79.7 cm³/mol. The van der Waals surface area contributed by atoms with Crippen molar-refractivity contribution in [2.75, 3.05) is 23.1 Å². The molecule has 1 unspecified atom stereocenters. The Morgan fingerprint density at radius 3 is 2.53 bits per heavy atom. The normalized spacial score (nSPS) is 12.3. The standard InChI is InChI=1S/C14H21ClN2O2/c1-10(2)7-14(19)17-13-6-4-3-5-12(13)16-9-11(18)8-15/h3-6,10-11,16,18H,7-9H2,1-2H3,(H,17,19). The van der Waals surface area contributed by atoms with Crippen molar-refractivity contribution >= 4 is 28.9 Å². The van der Waals surface area contributed by atoms with Gasteiger partial charge in [0, 0.05) is 13.0 Å². The first kappa shape index (κ1) is 15.8. The number of alkyl halides is 1. The molecule has 0 radical (unpaired) electrons. The number of rotatable bonds is 7. The van der Waals surface area contributed by atoms with Crippen LogP contribution in [0.4, 0.5) is 11.4 Å². The van der Waals surface area contributed by atoms with Crippen LogP contribution in [-0.4, -0.2) is 29.5 Å². The summed E-state index contributed by atoms with van der Waals surface area (Å²) in [6.07, 6.45) is -0.125. The highest BCUT2D eigenvalue weighted by Gasteiger charge is 2.09. The highest BCUT2D eigenvalue weighted by Crippen LogP contribution is 2.21. The van der Waals surface area contributed by atoms with E-state index in [2.05, 4.69) is 10.6 Å². The van der Waals surface area contributed by atoms with E-state index in [9.17, 15) is 9.90 Å². The molecule has 106 valence electrons. The Hall–Kier alpha value is -1.26.